The van der Waals surface area contributed by atoms with E-state index in [1.54, 1.807) is 0 Å². The fourth-order valence-electron chi connectivity index (χ4n) is 2.21. The second-order valence-electron chi connectivity index (χ2n) is 5.78. The number of fused-ring (bicyclic) bond motifs is 1. The van der Waals surface area contributed by atoms with Crippen molar-refractivity contribution >= 4 is 10.9 Å². The number of benzene rings is 1. The predicted molar refractivity (Wildman–Crippen MR) is 75.8 cm³/mol. The molecular formula is C16H21NO. The van der Waals surface area contributed by atoms with Gasteiger partial charge in [-0.3, -0.25) is 4.98 Å². The summed E-state index contributed by atoms with van der Waals surface area (Å²) in [6.07, 6.45) is 0. The van der Waals surface area contributed by atoms with Gasteiger partial charge in [-0.25, -0.2) is 0 Å². The second kappa shape index (κ2) is 4.36. The molecule has 0 amide bonds. The molecule has 0 aliphatic rings. The van der Waals surface area contributed by atoms with Gasteiger partial charge in [0.15, 0.2) is 0 Å². The number of hydrogen-bond donors (Lipinski definition) is 1. The molecule has 1 aromatic carbocycles. The van der Waals surface area contributed by atoms with Crippen molar-refractivity contribution in [2.75, 3.05) is 0 Å². The minimum atomic E-state index is -0.849. The van der Waals surface area contributed by atoms with Crippen molar-refractivity contribution in [2.24, 2.45) is 0 Å². The Morgan fingerprint density at radius 2 is 1.89 bits per heavy atom. The molecule has 96 valence electrons. The van der Waals surface area contributed by atoms with Gasteiger partial charge in [0, 0.05) is 11.1 Å². The van der Waals surface area contributed by atoms with E-state index in [1.165, 1.54) is 0 Å². The number of rotatable bonds is 2. The van der Waals surface area contributed by atoms with Crippen molar-refractivity contribution < 1.29 is 5.11 Å². The van der Waals surface area contributed by atoms with E-state index in [1.807, 2.05) is 32.0 Å². The summed E-state index contributed by atoms with van der Waals surface area (Å²) >= 11 is 0. The van der Waals surface area contributed by atoms with Gasteiger partial charge in [0.2, 0.25) is 0 Å². The molecule has 0 saturated heterocycles. The van der Waals surface area contributed by atoms with Crippen molar-refractivity contribution in [3.05, 3.63) is 41.1 Å². The Labute approximate surface area is 109 Å². The lowest BCUT2D eigenvalue weighted by molar-refractivity contribution is 0.0800. The van der Waals surface area contributed by atoms with Crippen LogP contribution in [-0.2, 0) is 5.60 Å². The maximum absolute atomic E-state index is 10.4. The van der Waals surface area contributed by atoms with Crippen molar-refractivity contribution in [3.63, 3.8) is 0 Å². The van der Waals surface area contributed by atoms with Crippen LogP contribution in [0.1, 0.15) is 50.4 Å². The van der Waals surface area contributed by atoms with E-state index in [4.69, 9.17) is 4.98 Å². The zero-order chi connectivity index (χ0) is 13.5. The summed E-state index contributed by atoms with van der Waals surface area (Å²) in [6, 6.07) is 8.15. The zero-order valence-corrected chi connectivity index (χ0v) is 11.8. The normalized spacial score (nSPS) is 12.4. The quantitative estimate of drug-likeness (QED) is 0.868. The van der Waals surface area contributed by atoms with Gasteiger partial charge < -0.3 is 5.11 Å². The highest BCUT2D eigenvalue weighted by molar-refractivity contribution is 5.86. The third-order valence-electron chi connectivity index (χ3n) is 3.31. The average molecular weight is 243 g/mol. The summed E-state index contributed by atoms with van der Waals surface area (Å²) in [5, 5.41) is 11.4. The molecule has 0 fully saturated rings. The van der Waals surface area contributed by atoms with E-state index in [0.717, 1.165) is 27.7 Å². The van der Waals surface area contributed by atoms with Gasteiger partial charge >= 0.3 is 0 Å². The SMILES string of the molecule is Cc1cccc2c(C(C)(C)O)cc(C(C)C)nc12. The van der Waals surface area contributed by atoms with Crippen LogP contribution in [0.5, 0.6) is 0 Å². The highest BCUT2D eigenvalue weighted by atomic mass is 16.3. The number of aromatic nitrogens is 1. The van der Waals surface area contributed by atoms with Gasteiger partial charge in [-0.2, -0.15) is 0 Å². The van der Waals surface area contributed by atoms with Crippen molar-refractivity contribution in [1.29, 1.82) is 0 Å². The van der Waals surface area contributed by atoms with E-state index in [-0.39, 0.29) is 0 Å². The molecule has 0 saturated carbocycles. The smallest absolute Gasteiger partial charge is 0.0847 e. The van der Waals surface area contributed by atoms with Crippen LogP contribution in [0.4, 0.5) is 0 Å². The molecule has 0 aliphatic carbocycles. The molecule has 0 unspecified atom stereocenters. The summed E-state index contributed by atoms with van der Waals surface area (Å²) in [4.78, 5) is 4.74. The van der Waals surface area contributed by atoms with Gasteiger partial charge in [-0.1, -0.05) is 32.0 Å². The summed E-state index contributed by atoms with van der Waals surface area (Å²) in [5.74, 6) is 0.357. The Hall–Kier alpha value is -1.41. The predicted octanol–water partition coefficient (Wildman–Crippen LogP) is 3.89. The number of hydrogen-bond acceptors (Lipinski definition) is 2. The highest BCUT2D eigenvalue weighted by Crippen LogP contribution is 2.31. The molecule has 1 N–H and O–H groups in total. The van der Waals surface area contributed by atoms with Gasteiger partial charge in [0.25, 0.3) is 0 Å². The summed E-state index contributed by atoms with van der Waals surface area (Å²) in [5.41, 5.74) is 3.30. The molecular weight excluding hydrogens is 222 g/mol. The fourth-order valence-corrected chi connectivity index (χ4v) is 2.21. The maximum Gasteiger partial charge on any atom is 0.0847 e. The zero-order valence-electron chi connectivity index (χ0n) is 11.8. The third-order valence-corrected chi connectivity index (χ3v) is 3.31. The van der Waals surface area contributed by atoms with E-state index in [9.17, 15) is 5.11 Å². The fraction of sp³-hybridized carbons (Fsp3) is 0.438. The topological polar surface area (TPSA) is 33.1 Å². The lowest BCUT2D eigenvalue weighted by atomic mass is 9.91. The molecule has 0 radical (unpaired) electrons. The minimum absolute atomic E-state index is 0.357. The van der Waals surface area contributed by atoms with E-state index in [2.05, 4.69) is 26.8 Å². The first kappa shape index (κ1) is 13.0. The van der Waals surface area contributed by atoms with Crippen LogP contribution >= 0.6 is 0 Å². The lowest BCUT2D eigenvalue weighted by Crippen LogP contribution is -2.17. The van der Waals surface area contributed by atoms with Gasteiger partial charge in [-0.15, -0.1) is 0 Å². The van der Waals surface area contributed by atoms with E-state index >= 15 is 0 Å². The first-order valence-corrected chi connectivity index (χ1v) is 6.44. The van der Waals surface area contributed by atoms with Crippen molar-refractivity contribution in [2.45, 2.75) is 46.1 Å². The summed E-state index contributed by atoms with van der Waals surface area (Å²) in [6.45, 7) is 9.97. The largest absolute Gasteiger partial charge is 0.386 e. The minimum Gasteiger partial charge on any atom is -0.386 e. The number of pyridine rings is 1. The molecule has 18 heavy (non-hydrogen) atoms. The summed E-state index contributed by atoms with van der Waals surface area (Å²) < 4.78 is 0. The van der Waals surface area contributed by atoms with Crippen LogP contribution in [0.2, 0.25) is 0 Å². The Morgan fingerprint density at radius 3 is 2.44 bits per heavy atom. The van der Waals surface area contributed by atoms with Gasteiger partial charge in [0.1, 0.15) is 0 Å². The molecule has 2 aromatic rings. The van der Waals surface area contributed by atoms with Crippen LogP contribution in [0, 0.1) is 6.92 Å². The van der Waals surface area contributed by atoms with Crippen LogP contribution in [0.15, 0.2) is 24.3 Å². The van der Waals surface area contributed by atoms with Gasteiger partial charge in [0.05, 0.1) is 11.1 Å². The average Bonchev–Trinajstić information content (AvgIpc) is 2.27. The Kier molecular flexibility index (Phi) is 3.16. The maximum atomic E-state index is 10.4. The third kappa shape index (κ3) is 2.25. The highest BCUT2D eigenvalue weighted by Gasteiger charge is 2.21. The Bertz CT molecular complexity index is 579. The first-order valence-electron chi connectivity index (χ1n) is 6.44. The second-order valence-corrected chi connectivity index (χ2v) is 5.78. The van der Waals surface area contributed by atoms with E-state index < -0.39 is 5.60 Å². The van der Waals surface area contributed by atoms with Gasteiger partial charge in [-0.05, 0) is 43.9 Å². The standard InChI is InChI=1S/C16H21NO/c1-10(2)14-9-13(16(4,5)18)12-8-6-7-11(3)15(12)17-14/h6-10,18H,1-5H3. The Morgan fingerprint density at radius 1 is 1.22 bits per heavy atom. The van der Waals surface area contributed by atoms with Crippen LogP contribution in [-0.4, -0.2) is 10.1 Å². The van der Waals surface area contributed by atoms with Crippen LogP contribution in [0.25, 0.3) is 10.9 Å². The molecule has 2 heteroatoms. The lowest BCUT2D eigenvalue weighted by Gasteiger charge is -2.22. The Balaban J connectivity index is 2.86. The van der Waals surface area contributed by atoms with Crippen LogP contribution < -0.4 is 0 Å². The first-order chi connectivity index (χ1) is 8.30. The number of nitrogens with zero attached hydrogens (tertiary/aromatic N) is 1. The molecule has 0 bridgehead atoms. The molecule has 2 rings (SSSR count). The molecule has 2 nitrogen and oxygen atoms in total. The van der Waals surface area contributed by atoms with E-state index in [0.29, 0.717) is 5.92 Å². The molecule has 0 spiro atoms. The molecule has 1 heterocycles. The van der Waals surface area contributed by atoms with Crippen molar-refractivity contribution in [3.8, 4) is 0 Å². The number of para-hydroxylation sites is 1. The summed E-state index contributed by atoms with van der Waals surface area (Å²) in [7, 11) is 0. The molecule has 0 atom stereocenters. The van der Waals surface area contributed by atoms with Crippen LogP contribution in [0.3, 0.4) is 0 Å². The van der Waals surface area contributed by atoms with Crippen molar-refractivity contribution in [1.82, 2.24) is 4.98 Å². The number of aliphatic hydroxyl groups is 1. The number of aryl methyl sites for hydroxylation is 1. The molecule has 1 aromatic heterocycles. The molecule has 0 aliphatic heterocycles. The monoisotopic (exact) mass is 243 g/mol.